The first-order valence-corrected chi connectivity index (χ1v) is 6.73. The Bertz CT molecular complexity index is 531. The van der Waals surface area contributed by atoms with Crippen molar-refractivity contribution in [1.29, 1.82) is 0 Å². The molecule has 1 fully saturated rings. The first-order valence-electron chi connectivity index (χ1n) is 6.73. The maximum Gasteiger partial charge on any atom is 0.222 e. The minimum atomic E-state index is -0.884. The van der Waals surface area contributed by atoms with Gasteiger partial charge in [-0.3, -0.25) is 9.59 Å². The van der Waals surface area contributed by atoms with Gasteiger partial charge in [0.05, 0.1) is 12.1 Å². The van der Waals surface area contributed by atoms with E-state index in [-0.39, 0.29) is 18.0 Å². The molecule has 0 bridgehead atoms. The highest BCUT2D eigenvalue weighted by Gasteiger charge is 2.23. The van der Waals surface area contributed by atoms with E-state index in [0.717, 1.165) is 25.0 Å². The average molecular weight is 281 g/mol. The van der Waals surface area contributed by atoms with Gasteiger partial charge in [0, 0.05) is 19.0 Å². The Morgan fingerprint density at radius 1 is 1.35 bits per heavy atom. The average Bonchev–Trinajstić information content (AvgIpc) is 2.54. The van der Waals surface area contributed by atoms with Crippen molar-refractivity contribution in [2.45, 2.75) is 26.2 Å². The summed E-state index contributed by atoms with van der Waals surface area (Å²) in [6, 6.07) is 2.85. The number of rotatable bonds is 3. The Balaban J connectivity index is 2.08. The van der Waals surface area contributed by atoms with Crippen LogP contribution in [0.5, 0.6) is 0 Å². The molecular formula is C15H17F2NO2. The van der Waals surface area contributed by atoms with Crippen LogP contribution in [0.2, 0.25) is 0 Å². The lowest BCUT2D eigenvalue weighted by atomic mass is 10.0. The van der Waals surface area contributed by atoms with Crippen LogP contribution in [-0.4, -0.2) is 29.7 Å². The molecule has 1 aliphatic rings. The number of amides is 1. The van der Waals surface area contributed by atoms with Crippen LogP contribution in [0, 0.1) is 17.6 Å². The SMILES string of the molecule is CC1CCC(=O)N(CC(=O)c2ccc(F)cc2F)CC1. The molecule has 108 valence electrons. The fraction of sp³-hybridized carbons (Fsp3) is 0.467. The monoisotopic (exact) mass is 281 g/mol. The Kier molecular flexibility index (Phi) is 4.47. The third-order valence-electron chi connectivity index (χ3n) is 3.66. The van der Waals surface area contributed by atoms with Crippen molar-refractivity contribution in [3.8, 4) is 0 Å². The quantitative estimate of drug-likeness (QED) is 0.799. The van der Waals surface area contributed by atoms with Gasteiger partial charge >= 0.3 is 0 Å². The Hall–Kier alpha value is -1.78. The van der Waals surface area contributed by atoms with E-state index in [9.17, 15) is 18.4 Å². The summed E-state index contributed by atoms with van der Waals surface area (Å²) in [4.78, 5) is 25.4. The highest BCUT2D eigenvalue weighted by molar-refractivity contribution is 5.99. The molecule has 0 spiro atoms. The normalized spacial score (nSPS) is 19.9. The standard InChI is InChI=1S/C15H17F2NO2/c1-10-2-5-15(20)18(7-6-10)9-14(19)12-4-3-11(16)8-13(12)17/h3-4,8,10H,2,5-7,9H2,1H3. The van der Waals surface area contributed by atoms with E-state index in [2.05, 4.69) is 6.92 Å². The largest absolute Gasteiger partial charge is 0.335 e. The van der Waals surface area contributed by atoms with Crippen LogP contribution in [0.3, 0.4) is 0 Å². The smallest absolute Gasteiger partial charge is 0.222 e. The lowest BCUT2D eigenvalue weighted by Crippen LogP contribution is -2.35. The molecule has 1 atom stereocenters. The number of Topliss-reactive ketones (excluding diaryl/α,β-unsaturated/α-hetero) is 1. The number of halogens is 2. The molecule has 1 unspecified atom stereocenters. The summed E-state index contributed by atoms with van der Waals surface area (Å²) >= 11 is 0. The number of likely N-dealkylation sites (tertiary alicyclic amines) is 1. The van der Waals surface area contributed by atoms with Crippen molar-refractivity contribution >= 4 is 11.7 Å². The summed E-state index contributed by atoms with van der Waals surface area (Å²) in [7, 11) is 0. The van der Waals surface area contributed by atoms with Gasteiger partial charge in [-0.2, -0.15) is 0 Å². The summed E-state index contributed by atoms with van der Waals surface area (Å²) in [5, 5.41) is 0. The topological polar surface area (TPSA) is 37.4 Å². The molecule has 0 saturated carbocycles. The molecule has 0 radical (unpaired) electrons. The number of carbonyl (C=O) groups excluding carboxylic acids is 2. The summed E-state index contributed by atoms with van der Waals surface area (Å²) in [6.07, 6.45) is 2.07. The summed E-state index contributed by atoms with van der Waals surface area (Å²) in [5.41, 5.74) is -0.170. The van der Waals surface area contributed by atoms with E-state index in [1.807, 2.05) is 0 Å². The third-order valence-corrected chi connectivity index (χ3v) is 3.66. The Morgan fingerprint density at radius 2 is 2.10 bits per heavy atom. The third kappa shape index (κ3) is 3.40. The molecule has 5 heteroatoms. The van der Waals surface area contributed by atoms with Crippen molar-refractivity contribution < 1.29 is 18.4 Å². The molecular weight excluding hydrogens is 264 g/mol. The fourth-order valence-corrected chi connectivity index (χ4v) is 2.31. The van der Waals surface area contributed by atoms with Gasteiger partial charge in [0.25, 0.3) is 0 Å². The molecule has 1 aromatic carbocycles. The van der Waals surface area contributed by atoms with Gasteiger partial charge in [0.2, 0.25) is 5.91 Å². The number of ketones is 1. The number of hydrogen-bond donors (Lipinski definition) is 0. The Morgan fingerprint density at radius 3 is 2.80 bits per heavy atom. The summed E-state index contributed by atoms with van der Waals surface area (Å²) < 4.78 is 26.3. The number of benzene rings is 1. The zero-order valence-corrected chi connectivity index (χ0v) is 11.4. The molecule has 1 amide bonds. The van der Waals surface area contributed by atoms with E-state index < -0.39 is 17.4 Å². The van der Waals surface area contributed by atoms with E-state index in [1.165, 1.54) is 4.90 Å². The molecule has 0 aromatic heterocycles. The first kappa shape index (κ1) is 14.6. The van der Waals surface area contributed by atoms with Crippen molar-refractivity contribution in [3.63, 3.8) is 0 Å². The van der Waals surface area contributed by atoms with E-state index >= 15 is 0 Å². The van der Waals surface area contributed by atoms with Gasteiger partial charge in [-0.05, 0) is 30.9 Å². The zero-order valence-electron chi connectivity index (χ0n) is 11.4. The van der Waals surface area contributed by atoms with Crippen LogP contribution in [0.1, 0.15) is 36.5 Å². The van der Waals surface area contributed by atoms with Crippen molar-refractivity contribution in [2.75, 3.05) is 13.1 Å². The van der Waals surface area contributed by atoms with Gasteiger partial charge in [0.1, 0.15) is 11.6 Å². The number of carbonyl (C=O) groups is 2. The summed E-state index contributed by atoms with van der Waals surface area (Å²) in [5.74, 6) is -1.73. The van der Waals surface area contributed by atoms with E-state index in [4.69, 9.17) is 0 Å². The second kappa shape index (κ2) is 6.11. The number of nitrogens with zero attached hydrogens (tertiary/aromatic N) is 1. The van der Waals surface area contributed by atoms with E-state index in [0.29, 0.717) is 24.9 Å². The van der Waals surface area contributed by atoms with Crippen LogP contribution < -0.4 is 0 Å². The molecule has 1 aromatic rings. The van der Waals surface area contributed by atoms with Crippen molar-refractivity contribution in [3.05, 3.63) is 35.4 Å². The highest BCUT2D eigenvalue weighted by atomic mass is 19.1. The molecule has 0 N–H and O–H groups in total. The van der Waals surface area contributed by atoms with Crippen LogP contribution >= 0.6 is 0 Å². The van der Waals surface area contributed by atoms with Crippen LogP contribution in [0.25, 0.3) is 0 Å². The molecule has 20 heavy (non-hydrogen) atoms. The van der Waals surface area contributed by atoms with E-state index in [1.54, 1.807) is 0 Å². The number of hydrogen-bond acceptors (Lipinski definition) is 2. The predicted octanol–water partition coefficient (Wildman–Crippen LogP) is 2.80. The maximum absolute atomic E-state index is 13.5. The van der Waals surface area contributed by atoms with Gasteiger partial charge < -0.3 is 4.90 Å². The van der Waals surface area contributed by atoms with Gasteiger partial charge in [-0.15, -0.1) is 0 Å². The molecule has 2 rings (SSSR count). The first-order chi connectivity index (χ1) is 9.47. The van der Waals surface area contributed by atoms with Gasteiger partial charge in [0.15, 0.2) is 5.78 Å². The Labute approximate surface area is 116 Å². The predicted molar refractivity (Wildman–Crippen MR) is 70.3 cm³/mol. The van der Waals surface area contributed by atoms with Crippen LogP contribution in [0.15, 0.2) is 18.2 Å². The van der Waals surface area contributed by atoms with Crippen LogP contribution in [-0.2, 0) is 4.79 Å². The van der Waals surface area contributed by atoms with Gasteiger partial charge in [-0.25, -0.2) is 8.78 Å². The zero-order chi connectivity index (χ0) is 14.7. The second-order valence-electron chi connectivity index (χ2n) is 5.30. The molecule has 3 nitrogen and oxygen atoms in total. The lowest BCUT2D eigenvalue weighted by Gasteiger charge is -2.19. The minimum absolute atomic E-state index is 0.0785. The minimum Gasteiger partial charge on any atom is -0.335 e. The molecule has 1 heterocycles. The van der Waals surface area contributed by atoms with Crippen molar-refractivity contribution in [1.82, 2.24) is 4.90 Å². The lowest BCUT2D eigenvalue weighted by molar-refractivity contribution is -0.130. The fourth-order valence-electron chi connectivity index (χ4n) is 2.31. The summed E-state index contributed by atoms with van der Waals surface area (Å²) in [6.45, 7) is 2.43. The highest BCUT2D eigenvalue weighted by Crippen LogP contribution is 2.18. The van der Waals surface area contributed by atoms with Crippen LogP contribution in [0.4, 0.5) is 8.78 Å². The molecule has 0 aliphatic carbocycles. The van der Waals surface area contributed by atoms with Crippen molar-refractivity contribution in [2.24, 2.45) is 5.92 Å². The molecule has 1 aliphatic heterocycles. The molecule has 1 saturated heterocycles. The van der Waals surface area contributed by atoms with Gasteiger partial charge in [-0.1, -0.05) is 6.92 Å². The maximum atomic E-state index is 13.5. The second-order valence-corrected chi connectivity index (χ2v) is 5.30.